The first-order valence-electron chi connectivity index (χ1n) is 6.46. The van der Waals surface area contributed by atoms with E-state index < -0.39 is 0 Å². The Balaban J connectivity index is 2.09. The maximum Gasteiger partial charge on any atom is 0.0871 e. The van der Waals surface area contributed by atoms with Crippen molar-refractivity contribution in [2.24, 2.45) is 5.16 Å². The predicted molar refractivity (Wildman–Crippen MR) is 82.3 cm³/mol. The highest BCUT2D eigenvalue weighted by molar-refractivity contribution is 6.42. The third kappa shape index (κ3) is 2.30. The molecule has 0 bridgehead atoms. The van der Waals surface area contributed by atoms with Crippen LogP contribution in [0, 0.1) is 0 Å². The van der Waals surface area contributed by atoms with Gasteiger partial charge in [0.05, 0.1) is 15.8 Å². The minimum atomic E-state index is 0.256. The molecule has 2 aromatic rings. The number of hydrogen-bond acceptors (Lipinski definition) is 2. The summed E-state index contributed by atoms with van der Waals surface area (Å²) in [4.78, 5) is 0. The molecule has 1 unspecified atom stereocenters. The minimum absolute atomic E-state index is 0.256. The second-order valence-electron chi connectivity index (χ2n) is 4.90. The van der Waals surface area contributed by atoms with E-state index in [2.05, 4.69) is 11.2 Å². The molecule has 4 heteroatoms. The highest BCUT2D eigenvalue weighted by Gasteiger charge is 2.25. The molecule has 0 aliphatic heterocycles. The Hall–Kier alpha value is -1.51. The zero-order valence-electron chi connectivity index (χ0n) is 10.7. The van der Waals surface area contributed by atoms with E-state index in [1.54, 1.807) is 0 Å². The standard InChI is InChI=1S/C16H13Cl2NO/c17-14-7-5-10(9-15(14)18)11-6-8-16(19-20)13-4-2-1-3-12(11)13/h1-5,7,9,11,20H,6,8H2. The lowest BCUT2D eigenvalue weighted by molar-refractivity contribution is 0.317. The lowest BCUT2D eigenvalue weighted by Crippen LogP contribution is -2.17. The van der Waals surface area contributed by atoms with Gasteiger partial charge in [-0.25, -0.2) is 0 Å². The van der Waals surface area contributed by atoms with Gasteiger partial charge in [-0.2, -0.15) is 0 Å². The van der Waals surface area contributed by atoms with Gasteiger partial charge in [0.25, 0.3) is 0 Å². The Kier molecular flexibility index (Phi) is 3.68. The maximum atomic E-state index is 9.12. The molecular weight excluding hydrogens is 293 g/mol. The molecule has 0 saturated heterocycles. The van der Waals surface area contributed by atoms with Gasteiger partial charge < -0.3 is 5.21 Å². The molecule has 1 aliphatic rings. The van der Waals surface area contributed by atoms with Crippen molar-refractivity contribution in [3.05, 3.63) is 69.2 Å². The maximum absolute atomic E-state index is 9.12. The van der Waals surface area contributed by atoms with Crippen LogP contribution in [0.4, 0.5) is 0 Å². The van der Waals surface area contributed by atoms with Crippen molar-refractivity contribution in [2.75, 3.05) is 0 Å². The van der Waals surface area contributed by atoms with Crippen LogP contribution in [0.5, 0.6) is 0 Å². The Morgan fingerprint density at radius 3 is 2.60 bits per heavy atom. The van der Waals surface area contributed by atoms with Crippen molar-refractivity contribution >= 4 is 28.9 Å². The van der Waals surface area contributed by atoms with E-state index in [-0.39, 0.29) is 5.92 Å². The van der Waals surface area contributed by atoms with Gasteiger partial charge in [0.15, 0.2) is 0 Å². The van der Waals surface area contributed by atoms with Crippen LogP contribution >= 0.6 is 23.2 Å². The van der Waals surface area contributed by atoms with Gasteiger partial charge in [-0.3, -0.25) is 0 Å². The van der Waals surface area contributed by atoms with Crippen molar-refractivity contribution in [3.63, 3.8) is 0 Å². The zero-order chi connectivity index (χ0) is 14.1. The minimum Gasteiger partial charge on any atom is -0.411 e. The molecule has 0 spiro atoms. The van der Waals surface area contributed by atoms with Crippen molar-refractivity contribution < 1.29 is 5.21 Å². The molecule has 0 saturated carbocycles. The van der Waals surface area contributed by atoms with Gasteiger partial charge >= 0.3 is 0 Å². The van der Waals surface area contributed by atoms with E-state index in [4.69, 9.17) is 28.4 Å². The van der Waals surface area contributed by atoms with Crippen LogP contribution in [-0.4, -0.2) is 10.9 Å². The Labute approximate surface area is 127 Å². The molecule has 0 fully saturated rings. The Morgan fingerprint density at radius 1 is 1.05 bits per heavy atom. The molecule has 3 rings (SSSR count). The molecule has 0 aromatic heterocycles. The normalized spacial score (nSPS) is 19.9. The lowest BCUT2D eigenvalue weighted by atomic mass is 9.78. The molecule has 2 aromatic carbocycles. The fourth-order valence-corrected chi connectivity index (χ4v) is 3.12. The molecule has 2 nitrogen and oxygen atoms in total. The summed E-state index contributed by atoms with van der Waals surface area (Å²) in [6, 6.07) is 13.8. The number of fused-ring (bicyclic) bond motifs is 1. The third-order valence-electron chi connectivity index (χ3n) is 3.78. The third-order valence-corrected chi connectivity index (χ3v) is 4.52. The molecule has 0 heterocycles. The summed E-state index contributed by atoms with van der Waals surface area (Å²) in [5, 5.41) is 13.7. The Bertz CT molecular complexity index is 682. The number of benzene rings is 2. The van der Waals surface area contributed by atoms with E-state index in [1.807, 2.05) is 36.4 Å². The van der Waals surface area contributed by atoms with Gasteiger partial charge in [-0.15, -0.1) is 0 Å². The van der Waals surface area contributed by atoms with Crippen molar-refractivity contribution in [1.29, 1.82) is 0 Å². The number of halogens is 2. The highest BCUT2D eigenvalue weighted by Crippen LogP contribution is 2.38. The van der Waals surface area contributed by atoms with Gasteiger partial charge in [0.1, 0.15) is 0 Å². The van der Waals surface area contributed by atoms with Crippen LogP contribution in [0.2, 0.25) is 10.0 Å². The fourth-order valence-electron chi connectivity index (χ4n) is 2.81. The molecule has 0 amide bonds. The van der Waals surface area contributed by atoms with Crippen molar-refractivity contribution in [1.82, 2.24) is 0 Å². The molecule has 20 heavy (non-hydrogen) atoms. The summed E-state index contributed by atoms with van der Waals surface area (Å²) in [5.74, 6) is 0.256. The van der Waals surface area contributed by atoms with Crippen molar-refractivity contribution in [2.45, 2.75) is 18.8 Å². The van der Waals surface area contributed by atoms with E-state index in [9.17, 15) is 0 Å². The first-order valence-corrected chi connectivity index (χ1v) is 7.21. The molecule has 1 aliphatic carbocycles. The van der Waals surface area contributed by atoms with Gasteiger partial charge in [0.2, 0.25) is 0 Å². The second kappa shape index (κ2) is 5.47. The van der Waals surface area contributed by atoms with E-state index in [0.29, 0.717) is 10.0 Å². The molecular formula is C16H13Cl2NO. The molecule has 102 valence electrons. The number of oxime groups is 1. The first-order chi connectivity index (χ1) is 9.70. The van der Waals surface area contributed by atoms with Crippen LogP contribution in [0.15, 0.2) is 47.6 Å². The largest absolute Gasteiger partial charge is 0.411 e. The average molecular weight is 306 g/mol. The SMILES string of the molecule is ON=C1CCC(c2ccc(Cl)c(Cl)c2)c2ccccc21. The van der Waals surface area contributed by atoms with Crippen LogP contribution in [0.25, 0.3) is 0 Å². The number of nitrogens with zero attached hydrogens (tertiary/aromatic N) is 1. The summed E-state index contributed by atoms with van der Waals surface area (Å²) in [6.07, 6.45) is 1.65. The Morgan fingerprint density at radius 2 is 1.85 bits per heavy atom. The molecule has 1 atom stereocenters. The van der Waals surface area contributed by atoms with E-state index in [1.165, 1.54) is 5.56 Å². The van der Waals surface area contributed by atoms with E-state index in [0.717, 1.165) is 29.7 Å². The second-order valence-corrected chi connectivity index (χ2v) is 5.71. The van der Waals surface area contributed by atoms with Gasteiger partial charge in [0, 0.05) is 11.5 Å². The molecule has 1 N–H and O–H groups in total. The average Bonchev–Trinajstić information content (AvgIpc) is 2.49. The summed E-state index contributed by atoms with van der Waals surface area (Å²) in [5.41, 5.74) is 4.07. The summed E-state index contributed by atoms with van der Waals surface area (Å²) >= 11 is 12.1. The van der Waals surface area contributed by atoms with Gasteiger partial charge in [-0.05, 0) is 36.1 Å². The van der Waals surface area contributed by atoms with Crippen molar-refractivity contribution in [3.8, 4) is 0 Å². The van der Waals surface area contributed by atoms with E-state index >= 15 is 0 Å². The van der Waals surface area contributed by atoms with Crippen LogP contribution in [-0.2, 0) is 0 Å². The summed E-state index contributed by atoms with van der Waals surface area (Å²) in [6.45, 7) is 0. The predicted octanol–water partition coefficient (Wildman–Crippen LogP) is 5.10. The first kappa shape index (κ1) is 13.5. The van der Waals surface area contributed by atoms with Gasteiger partial charge in [-0.1, -0.05) is 58.7 Å². The number of hydrogen-bond donors (Lipinski definition) is 1. The van der Waals surface area contributed by atoms with Crippen LogP contribution in [0.1, 0.15) is 35.4 Å². The fraction of sp³-hybridized carbons (Fsp3) is 0.188. The summed E-state index contributed by atoms with van der Waals surface area (Å²) in [7, 11) is 0. The smallest absolute Gasteiger partial charge is 0.0871 e. The van der Waals surface area contributed by atoms with Crippen LogP contribution in [0.3, 0.4) is 0 Å². The number of rotatable bonds is 1. The zero-order valence-corrected chi connectivity index (χ0v) is 12.2. The highest BCUT2D eigenvalue weighted by atomic mass is 35.5. The monoisotopic (exact) mass is 305 g/mol. The van der Waals surface area contributed by atoms with Crippen LogP contribution < -0.4 is 0 Å². The quantitative estimate of drug-likeness (QED) is 0.577. The molecule has 0 radical (unpaired) electrons. The topological polar surface area (TPSA) is 32.6 Å². The summed E-state index contributed by atoms with van der Waals surface area (Å²) < 4.78 is 0. The lowest BCUT2D eigenvalue weighted by Gasteiger charge is -2.26.